The highest BCUT2D eigenvalue weighted by Crippen LogP contribution is 2.21. The maximum absolute atomic E-state index is 13.9. The van der Waals surface area contributed by atoms with E-state index in [0.717, 1.165) is 0 Å². The van der Waals surface area contributed by atoms with Crippen molar-refractivity contribution in [3.63, 3.8) is 0 Å². The van der Waals surface area contributed by atoms with Gasteiger partial charge >= 0.3 is 0 Å². The summed E-state index contributed by atoms with van der Waals surface area (Å²) in [4.78, 5) is 29.7. The largest absolute Gasteiger partial charge is 0.322 e. The normalized spacial score (nSPS) is 10.9. The molecular weight excluding hydrogens is 393 g/mol. The third kappa shape index (κ3) is 3.50. The molecule has 0 aliphatic carbocycles. The second-order valence-corrected chi connectivity index (χ2v) is 6.82. The summed E-state index contributed by atoms with van der Waals surface area (Å²) in [7, 11) is 0. The Morgan fingerprint density at radius 1 is 1.03 bits per heavy atom. The fraction of sp³-hybridized carbons (Fsp3) is 0.0455. The smallest absolute Gasteiger partial charge is 0.265 e. The molecule has 3 aromatic carbocycles. The van der Waals surface area contributed by atoms with Crippen molar-refractivity contribution in [1.82, 2.24) is 9.55 Å². The van der Waals surface area contributed by atoms with E-state index in [9.17, 15) is 14.0 Å². The van der Waals surface area contributed by atoms with Crippen molar-refractivity contribution in [1.29, 1.82) is 0 Å². The minimum atomic E-state index is -0.698. The topological polar surface area (TPSA) is 64.0 Å². The first-order chi connectivity index (χ1) is 14.0. The molecule has 0 unspecified atom stereocenters. The molecule has 4 aromatic rings. The molecule has 0 spiro atoms. The van der Waals surface area contributed by atoms with Crippen LogP contribution in [-0.2, 0) is 0 Å². The summed E-state index contributed by atoms with van der Waals surface area (Å²) in [6.45, 7) is 1.75. The van der Waals surface area contributed by atoms with Gasteiger partial charge in [-0.15, -0.1) is 0 Å². The SMILES string of the molecule is Cc1nc2ccccc2c(=O)n1-c1ccc(NC(=O)c2c(F)cccc2Cl)cc1. The van der Waals surface area contributed by atoms with Crippen molar-refractivity contribution in [2.45, 2.75) is 6.92 Å². The molecule has 0 aliphatic rings. The van der Waals surface area contributed by atoms with Crippen LogP contribution in [0.3, 0.4) is 0 Å². The van der Waals surface area contributed by atoms with Crippen LogP contribution in [0, 0.1) is 12.7 Å². The van der Waals surface area contributed by atoms with E-state index in [0.29, 0.717) is 28.1 Å². The lowest BCUT2D eigenvalue weighted by Crippen LogP contribution is -2.22. The molecule has 144 valence electrons. The Hall–Kier alpha value is -3.51. The van der Waals surface area contributed by atoms with E-state index >= 15 is 0 Å². The zero-order valence-corrected chi connectivity index (χ0v) is 16.1. The Kier molecular flexibility index (Phi) is 4.86. The van der Waals surface area contributed by atoms with E-state index in [1.165, 1.54) is 22.8 Å². The molecule has 0 bridgehead atoms. The van der Waals surface area contributed by atoms with Crippen molar-refractivity contribution >= 4 is 34.1 Å². The van der Waals surface area contributed by atoms with E-state index in [2.05, 4.69) is 10.3 Å². The zero-order valence-electron chi connectivity index (χ0n) is 15.3. The highest BCUT2D eigenvalue weighted by atomic mass is 35.5. The van der Waals surface area contributed by atoms with Gasteiger partial charge in [0.2, 0.25) is 0 Å². The highest BCUT2D eigenvalue weighted by molar-refractivity contribution is 6.34. The number of hydrogen-bond acceptors (Lipinski definition) is 3. The third-order valence-electron chi connectivity index (χ3n) is 4.52. The Labute approximate surface area is 170 Å². The van der Waals surface area contributed by atoms with Crippen molar-refractivity contribution in [3.8, 4) is 5.69 Å². The molecule has 0 fully saturated rings. The predicted octanol–water partition coefficient (Wildman–Crippen LogP) is 4.74. The summed E-state index contributed by atoms with van der Waals surface area (Å²) < 4.78 is 15.4. The number of amides is 1. The molecule has 1 heterocycles. The van der Waals surface area contributed by atoms with Gasteiger partial charge in [-0.25, -0.2) is 9.37 Å². The van der Waals surface area contributed by atoms with Gasteiger partial charge in [-0.1, -0.05) is 29.8 Å². The molecule has 1 aromatic heterocycles. The Morgan fingerprint density at radius 3 is 2.48 bits per heavy atom. The molecule has 4 rings (SSSR count). The van der Waals surface area contributed by atoms with Gasteiger partial charge in [0.05, 0.1) is 27.2 Å². The number of nitrogens with one attached hydrogen (secondary N) is 1. The summed E-state index contributed by atoms with van der Waals surface area (Å²) in [5.74, 6) is -0.804. The number of fused-ring (bicyclic) bond motifs is 1. The molecule has 0 radical (unpaired) electrons. The summed E-state index contributed by atoms with van der Waals surface area (Å²) in [5.41, 5.74) is 1.29. The van der Waals surface area contributed by atoms with Crippen LogP contribution in [0.15, 0.2) is 71.5 Å². The van der Waals surface area contributed by atoms with Crippen LogP contribution in [-0.4, -0.2) is 15.5 Å². The van der Waals surface area contributed by atoms with E-state index in [-0.39, 0.29) is 16.1 Å². The van der Waals surface area contributed by atoms with Crippen molar-refractivity contribution < 1.29 is 9.18 Å². The van der Waals surface area contributed by atoms with Crippen LogP contribution in [0.4, 0.5) is 10.1 Å². The molecule has 0 saturated carbocycles. The number of para-hydroxylation sites is 1. The fourth-order valence-electron chi connectivity index (χ4n) is 3.15. The molecule has 5 nitrogen and oxygen atoms in total. The number of hydrogen-bond donors (Lipinski definition) is 1. The molecule has 7 heteroatoms. The van der Waals surface area contributed by atoms with Crippen LogP contribution in [0.1, 0.15) is 16.2 Å². The number of nitrogens with zero attached hydrogens (tertiary/aromatic N) is 2. The standard InChI is InChI=1S/C22H15ClFN3O2/c1-13-25-19-8-3-2-5-16(19)22(29)27(13)15-11-9-14(10-12-15)26-21(28)20-17(23)6-4-7-18(20)24/h2-12H,1H3,(H,26,28). The zero-order chi connectivity index (χ0) is 20.5. The summed E-state index contributed by atoms with van der Waals surface area (Å²) >= 11 is 5.93. The molecule has 1 amide bonds. The third-order valence-corrected chi connectivity index (χ3v) is 4.83. The number of carbonyl (C=O) groups excluding carboxylic acids is 1. The van der Waals surface area contributed by atoms with Crippen molar-refractivity contribution in [2.75, 3.05) is 5.32 Å². The van der Waals surface area contributed by atoms with Gasteiger partial charge in [-0.05, 0) is 55.5 Å². The Balaban J connectivity index is 1.66. The van der Waals surface area contributed by atoms with E-state index in [4.69, 9.17) is 11.6 Å². The molecular formula is C22H15ClFN3O2. The average Bonchev–Trinajstić information content (AvgIpc) is 2.69. The number of aryl methyl sites for hydroxylation is 1. The number of aromatic nitrogens is 2. The van der Waals surface area contributed by atoms with Crippen LogP contribution in [0.2, 0.25) is 5.02 Å². The lowest BCUT2D eigenvalue weighted by atomic mass is 10.2. The molecule has 29 heavy (non-hydrogen) atoms. The number of rotatable bonds is 3. The van der Waals surface area contributed by atoms with Crippen LogP contribution >= 0.6 is 11.6 Å². The highest BCUT2D eigenvalue weighted by Gasteiger charge is 2.16. The van der Waals surface area contributed by atoms with Crippen molar-refractivity contribution in [3.05, 3.63) is 99.3 Å². The lowest BCUT2D eigenvalue weighted by molar-refractivity contribution is 0.102. The maximum Gasteiger partial charge on any atom is 0.265 e. The quantitative estimate of drug-likeness (QED) is 0.533. The predicted molar refractivity (Wildman–Crippen MR) is 111 cm³/mol. The van der Waals surface area contributed by atoms with E-state index in [1.807, 2.05) is 6.07 Å². The number of benzene rings is 3. The second-order valence-electron chi connectivity index (χ2n) is 6.41. The van der Waals surface area contributed by atoms with Crippen LogP contribution < -0.4 is 10.9 Å². The van der Waals surface area contributed by atoms with Crippen molar-refractivity contribution in [2.24, 2.45) is 0 Å². The minimum absolute atomic E-state index is 0.0311. The molecule has 0 saturated heterocycles. The first kappa shape index (κ1) is 18.8. The van der Waals surface area contributed by atoms with Gasteiger partial charge < -0.3 is 5.32 Å². The first-order valence-corrected chi connectivity index (χ1v) is 9.17. The van der Waals surface area contributed by atoms with Gasteiger partial charge in [0.25, 0.3) is 11.5 Å². The number of carbonyl (C=O) groups is 1. The van der Waals surface area contributed by atoms with Gasteiger partial charge in [-0.2, -0.15) is 0 Å². The molecule has 0 aliphatic heterocycles. The van der Waals surface area contributed by atoms with Gasteiger partial charge in [0.1, 0.15) is 11.6 Å². The van der Waals surface area contributed by atoms with Gasteiger partial charge in [-0.3, -0.25) is 14.2 Å². The Bertz CT molecular complexity index is 1280. The first-order valence-electron chi connectivity index (χ1n) is 8.80. The lowest BCUT2D eigenvalue weighted by Gasteiger charge is -2.12. The van der Waals surface area contributed by atoms with Gasteiger partial charge in [0, 0.05) is 5.69 Å². The minimum Gasteiger partial charge on any atom is -0.322 e. The Morgan fingerprint density at radius 2 is 1.76 bits per heavy atom. The van der Waals surface area contributed by atoms with Crippen LogP contribution in [0.25, 0.3) is 16.6 Å². The number of anilines is 1. The number of halogens is 2. The average molecular weight is 408 g/mol. The van der Waals surface area contributed by atoms with E-state index < -0.39 is 11.7 Å². The monoisotopic (exact) mass is 407 g/mol. The second kappa shape index (κ2) is 7.48. The fourth-order valence-corrected chi connectivity index (χ4v) is 3.40. The summed E-state index contributed by atoms with van der Waals surface area (Å²) in [6.07, 6.45) is 0. The summed E-state index contributed by atoms with van der Waals surface area (Å²) in [6, 6.07) is 17.8. The van der Waals surface area contributed by atoms with Gasteiger partial charge in [0.15, 0.2) is 0 Å². The molecule has 1 N–H and O–H groups in total. The van der Waals surface area contributed by atoms with Crippen LogP contribution in [0.5, 0.6) is 0 Å². The molecule has 0 atom stereocenters. The summed E-state index contributed by atoms with van der Waals surface area (Å²) in [5, 5.41) is 3.16. The van der Waals surface area contributed by atoms with E-state index in [1.54, 1.807) is 49.4 Å². The maximum atomic E-state index is 13.9.